The number of nitrogens with two attached hydrogens (primary N) is 1. The van der Waals surface area contributed by atoms with Crippen molar-refractivity contribution in [3.8, 4) is 0 Å². The number of carbonyl (C=O) groups is 2. The Kier molecular flexibility index (Phi) is 3.14. The van der Waals surface area contributed by atoms with Crippen molar-refractivity contribution in [2.24, 2.45) is 5.73 Å². The van der Waals surface area contributed by atoms with Crippen LogP contribution < -0.4 is 5.73 Å². The third kappa shape index (κ3) is 1.88. The molecule has 0 heterocycles. The van der Waals surface area contributed by atoms with Crippen LogP contribution in [-0.4, -0.2) is 23.2 Å². The average molecular weight is 211 g/mol. The van der Waals surface area contributed by atoms with Crippen molar-refractivity contribution in [3.05, 3.63) is 29.3 Å². The SMILES string of the molecule is CSc1cccc(C(N)=O)c1C(=O)O. The van der Waals surface area contributed by atoms with Crippen LogP contribution in [0, 0.1) is 0 Å². The van der Waals surface area contributed by atoms with Gasteiger partial charge in [0.2, 0.25) is 5.91 Å². The van der Waals surface area contributed by atoms with Crippen LogP contribution in [0.5, 0.6) is 0 Å². The summed E-state index contributed by atoms with van der Waals surface area (Å²) in [5.74, 6) is -1.86. The van der Waals surface area contributed by atoms with Crippen LogP contribution in [0.4, 0.5) is 0 Å². The van der Waals surface area contributed by atoms with E-state index in [1.165, 1.54) is 17.8 Å². The molecule has 4 nitrogen and oxygen atoms in total. The summed E-state index contributed by atoms with van der Waals surface area (Å²) in [6.07, 6.45) is 1.74. The monoisotopic (exact) mass is 211 g/mol. The van der Waals surface area contributed by atoms with Crippen molar-refractivity contribution in [3.63, 3.8) is 0 Å². The van der Waals surface area contributed by atoms with Gasteiger partial charge in [-0.3, -0.25) is 4.79 Å². The lowest BCUT2D eigenvalue weighted by Gasteiger charge is -2.06. The molecule has 0 aromatic heterocycles. The number of primary amides is 1. The molecule has 1 rings (SSSR count). The minimum absolute atomic E-state index is 0.0208. The van der Waals surface area contributed by atoms with Gasteiger partial charge in [-0.25, -0.2) is 4.79 Å². The van der Waals surface area contributed by atoms with Gasteiger partial charge in [-0.2, -0.15) is 0 Å². The predicted molar refractivity (Wildman–Crippen MR) is 53.7 cm³/mol. The predicted octanol–water partition coefficient (Wildman–Crippen LogP) is 1.21. The van der Waals surface area contributed by atoms with Gasteiger partial charge in [0.25, 0.3) is 0 Å². The highest BCUT2D eigenvalue weighted by Gasteiger charge is 2.17. The summed E-state index contributed by atoms with van der Waals surface area (Å²) >= 11 is 1.27. The van der Waals surface area contributed by atoms with E-state index >= 15 is 0 Å². The molecular weight excluding hydrogens is 202 g/mol. The maximum Gasteiger partial charge on any atom is 0.337 e. The largest absolute Gasteiger partial charge is 0.478 e. The molecule has 0 unspecified atom stereocenters. The average Bonchev–Trinajstić information content (AvgIpc) is 2.16. The summed E-state index contributed by atoms with van der Waals surface area (Å²) in [6.45, 7) is 0. The topological polar surface area (TPSA) is 80.4 Å². The standard InChI is InChI=1S/C9H9NO3S/c1-14-6-4-2-3-5(8(10)11)7(6)9(12)13/h2-4H,1H3,(H2,10,11)(H,12,13). The van der Waals surface area contributed by atoms with Crippen LogP contribution in [-0.2, 0) is 0 Å². The van der Waals surface area contributed by atoms with Crippen molar-refractivity contribution in [1.82, 2.24) is 0 Å². The molecule has 14 heavy (non-hydrogen) atoms. The van der Waals surface area contributed by atoms with Crippen molar-refractivity contribution in [1.29, 1.82) is 0 Å². The molecule has 0 spiro atoms. The second kappa shape index (κ2) is 4.15. The van der Waals surface area contributed by atoms with Crippen LogP contribution in [0.1, 0.15) is 20.7 Å². The van der Waals surface area contributed by atoms with Crippen LogP contribution in [0.3, 0.4) is 0 Å². The molecule has 1 amide bonds. The van der Waals surface area contributed by atoms with Gasteiger partial charge in [-0.05, 0) is 18.4 Å². The van der Waals surface area contributed by atoms with E-state index < -0.39 is 11.9 Å². The maximum absolute atomic E-state index is 10.9. The number of hydrogen-bond acceptors (Lipinski definition) is 3. The Morgan fingerprint density at radius 1 is 1.43 bits per heavy atom. The fourth-order valence-electron chi connectivity index (χ4n) is 1.13. The molecule has 0 saturated carbocycles. The number of amides is 1. The molecule has 1 aromatic rings. The molecule has 1 aromatic carbocycles. The number of thioether (sulfide) groups is 1. The van der Waals surface area contributed by atoms with Gasteiger partial charge in [-0.1, -0.05) is 6.07 Å². The number of carboxylic acid groups (broad SMARTS) is 1. The summed E-state index contributed by atoms with van der Waals surface area (Å²) in [5.41, 5.74) is 5.09. The van der Waals surface area contributed by atoms with Gasteiger partial charge in [0, 0.05) is 4.90 Å². The summed E-state index contributed by atoms with van der Waals surface area (Å²) in [4.78, 5) is 22.4. The van der Waals surface area contributed by atoms with E-state index in [9.17, 15) is 9.59 Å². The van der Waals surface area contributed by atoms with Gasteiger partial charge in [0.05, 0.1) is 11.1 Å². The first-order chi connectivity index (χ1) is 6.57. The second-order valence-corrected chi connectivity index (χ2v) is 3.40. The molecule has 0 aliphatic carbocycles. The molecule has 0 saturated heterocycles. The molecule has 5 heteroatoms. The molecular formula is C9H9NO3S. The van der Waals surface area contributed by atoms with Crippen LogP contribution >= 0.6 is 11.8 Å². The van der Waals surface area contributed by atoms with E-state index in [0.717, 1.165) is 0 Å². The lowest BCUT2D eigenvalue weighted by Crippen LogP contribution is -2.16. The van der Waals surface area contributed by atoms with Gasteiger partial charge in [0.15, 0.2) is 0 Å². The quantitative estimate of drug-likeness (QED) is 0.736. The third-order valence-corrected chi connectivity index (χ3v) is 2.51. The molecule has 0 atom stereocenters. The highest BCUT2D eigenvalue weighted by molar-refractivity contribution is 7.98. The Morgan fingerprint density at radius 3 is 2.50 bits per heavy atom. The molecule has 0 radical (unpaired) electrons. The maximum atomic E-state index is 10.9. The van der Waals surface area contributed by atoms with E-state index in [1.54, 1.807) is 18.4 Å². The zero-order chi connectivity index (χ0) is 10.7. The first kappa shape index (κ1) is 10.6. The first-order valence-corrected chi connectivity index (χ1v) is 5.00. The van der Waals surface area contributed by atoms with Crippen LogP contribution in [0.2, 0.25) is 0 Å². The minimum Gasteiger partial charge on any atom is -0.478 e. The highest BCUT2D eigenvalue weighted by atomic mass is 32.2. The summed E-state index contributed by atoms with van der Waals surface area (Å²) in [5, 5.41) is 8.91. The van der Waals surface area contributed by atoms with Gasteiger partial charge in [0.1, 0.15) is 0 Å². The highest BCUT2D eigenvalue weighted by Crippen LogP contribution is 2.23. The number of hydrogen-bond donors (Lipinski definition) is 2. The van der Waals surface area contributed by atoms with Crippen molar-refractivity contribution in [2.45, 2.75) is 4.90 Å². The van der Waals surface area contributed by atoms with E-state index in [2.05, 4.69) is 0 Å². The molecule has 0 aliphatic heterocycles. The molecule has 0 aliphatic rings. The van der Waals surface area contributed by atoms with Crippen LogP contribution in [0.15, 0.2) is 23.1 Å². The van der Waals surface area contributed by atoms with Crippen LogP contribution in [0.25, 0.3) is 0 Å². The smallest absolute Gasteiger partial charge is 0.337 e. The van der Waals surface area contributed by atoms with Crippen molar-refractivity contribution < 1.29 is 14.7 Å². The number of aromatic carboxylic acids is 1. The Morgan fingerprint density at radius 2 is 2.07 bits per heavy atom. The number of carbonyl (C=O) groups excluding carboxylic acids is 1. The summed E-state index contributed by atoms with van der Waals surface area (Å²) in [6, 6.07) is 4.66. The first-order valence-electron chi connectivity index (χ1n) is 3.78. The normalized spacial score (nSPS) is 9.79. The second-order valence-electron chi connectivity index (χ2n) is 2.55. The Hall–Kier alpha value is -1.49. The lowest BCUT2D eigenvalue weighted by atomic mass is 10.1. The molecule has 3 N–H and O–H groups in total. The van der Waals surface area contributed by atoms with E-state index in [-0.39, 0.29) is 11.1 Å². The van der Waals surface area contributed by atoms with Crippen molar-refractivity contribution in [2.75, 3.05) is 6.26 Å². The lowest BCUT2D eigenvalue weighted by molar-refractivity contribution is 0.0688. The zero-order valence-electron chi connectivity index (χ0n) is 7.48. The number of benzene rings is 1. The summed E-state index contributed by atoms with van der Waals surface area (Å²) < 4.78 is 0. The van der Waals surface area contributed by atoms with E-state index in [0.29, 0.717) is 4.90 Å². The summed E-state index contributed by atoms with van der Waals surface area (Å²) in [7, 11) is 0. The minimum atomic E-state index is -1.14. The Bertz CT molecular complexity index is 390. The molecule has 74 valence electrons. The fourth-order valence-corrected chi connectivity index (χ4v) is 1.74. The zero-order valence-corrected chi connectivity index (χ0v) is 8.30. The third-order valence-electron chi connectivity index (χ3n) is 1.73. The van der Waals surface area contributed by atoms with Gasteiger partial charge >= 0.3 is 5.97 Å². The van der Waals surface area contributed by atoms with E-state index in [4.69, 9.17) is 10.8 Å². The fraction of sp³-hybridized carbons (Fsp3) is 0.111. The Labute approximate surface area is 85.1 Å². The van der Waals surface area contributed by atoms with Gasteiger partial charge < -0.3 is 10.8 Å². The van der Waals surface area contributed by atoms with Gasteiger partial charge in [-0.15, -0.1) is 11.8 Å². The van der Waals surface area contributed by atoms with Crippen molar-refractivity contribution >= 4 is 23.6 Å². The molecule has 0 bridgehead atoms. The molecule has 0 fully saturated rings. The number of carboxylic acids is 1. The Balaban J connectivity index is 3.43. The number of rotatable bonds is 3. The van der Waals surface area contributed by atoms with E-state index in [1.807, 2.05) is 0 Å².